The Hall–Kier alpha value is -1.52. The highest BCUT2D eigenvalue weighted by Gasteiger charge is 2.44. The van der Waals surface area contributed by atoms with Gasteiger partial charge in [0, 0.05) is 11.3 Å². The topological polar surface area (TPSA) is 59.7 Å². The van der Waals surface area contributed by atoms with Gasteiger partial charge in [-0.15, -0.1) is 0 Å². The fraction of sp³-hybridized carbons (Fsp3) is 0.474. The fourth-order valence-electron chi connectivity index (χ4n) is 4.03. The van der Waals surface area contributed by atoms with Crippen molar-refractivity contribution in [2.75, 3.05) is 13.1 Å². The summed E-state index contributed by atoms with van der Waals surface area (Å²) < 4.78 is 13.3. The smallest absolute Gasteiger partial charge is 0.123 e. The molecule has 3 N–H and O–H groups in total. The summed E-state index contributed by atoms with van der Waals surface area (Å²) in [6, 6.07) is 3.98. The molecule has 0 amide bonds. The van der Waals surface area contributed by atoms with Gasteiger partial charge in [0.25, 0.3) is 0 Å². The van der Waals surface area contributed by atoms with Gasteiger partial charge in [0.1, 0.15) is 5.82 Å². The van der Waals surface area contributed by atoms with Crippen LogP contribution in [0.1, 0.15) is 37.7 Å². The predicted molar refractivity (Wildman–Crippen MR) is 97.0 cm³/mol. The Morgan fingerprint density at radius 1 is 1.25 bits per heavy atom. The molecule has 1 aliphatic heterocycles. The first-order valence-electron chi connectivity index (χ1n) is 8.48. The third-order valence-electron chi connectivity index (χ3n) is 5.29. The molecule has 3 rings (SSSR count). The molecule has 2 fully saturated rings. The van der Waals surface area contributed by atoms with E-state index < -0.39 is 5.82 Å². The predicted octanol–water partition coefficient (Wildman–Crippen LogP) is 4.59. The minimum Gasteiger partial charge on any atom is -0.317 e. The Bertz CT molecular complexity index is 669. The Morgan fingerprint density at radius 3 is 2.67 bits per heavy atom. The van der Waals surface area contributed by atoms with E-state index in [9.17, 15) is 4.39 Å². The van der Waals surface area contributed by atoms with Gasteiger partial charge in [0.2, 0.25) is 0 Å². The van der Waals surface area contributed by atoms with E-state index in [4.69, 9.17) is 22.4 Å². The van der Waals surface area contributed by atoms with Gasteiger partial charge in [0.05, 0.1) is 10.7 Å². The Morgan fingerprint density at radius 2 is 1.96 bits per heavy atom. The number of allylic oxidation sites excluding steroid dienone is 2. The van der Waals surface area contributed by atoms with Crippen molar-refractivity contribution in [2.24, 2.45) is 11.3 Å². The molecule has 1 heterocycles. The van der Waals surface area contributed by atoms with Crippen molar-refractivity contribution in [2.45, 2.75) is 32.1 Å². The van der Waals surface area contributed by atoms with Crippen LogP contribution in [0.15, 0.2) is 30.4 Å². The first-order valence-corrected chi connectivity index (χ1v) is 8.85. The number of hydrogen-bond acceptors (Lipinski definition) is 3. The normalized spacial score (nSPS) is 20.2. The van der Waals surface area contributed by atoms with E-state index >= 15 is 0 Å². The van der Waals surface area contributed by atoms with Crippen LogP contribution in [0.25, 0.3) is 0 Å². The van der Waals surface area contributed by atoms with E-state index in [0.29, 0.717) is 27.6 Å². The SMILES string of the molecule is N=C(/C=C\C(=N)c1cc(F)ccc1Cl)CC1CC2(CCNCC2)C1. The van der Waals surface area contributed by atoms with Crippen molar-refractivity contribution in [3.63, 3.8) is 0 Å². The summed E-state index contributed by atoms with van der Waals surface area (Å²) >= 11 is 6.00. The molecule has 0 bridgehead atoms. The van der Waals surface area contributed by atoms with Crippen molar-refractivity contribution >= 4 is 23.0 Å². The molecule has 2 aliphatic rings. The second kappa shape index (κ2) is 7.16. The Labute approximate surface area is 147 Å². The Balaban J connectivity index is 1.51. The lowest BCUT2D eigenvalue weighted by Gasteiger charge is -2.50. The molecule has 3 nitrogen and oxygen atoms in total. The molecule has 1 spiro atoms. The lowest BCUT2D eigenvalue weighted by Crippen LogP contribution is -2.45. The van der Waals surface area contributed by atoms with Crippen molar-refractivity contribution in [3.8, 4) is 0 Å². The number of piperidine rings is 1. The molecule has 1 aromatic carbocycles. The monoisotopic (exact) mass is 347 g/mol. The van der Waals surface area contributed by atoms with Gasteiger partial charge in [-0.05, 0) is 86.9 Å². The van der Waals surface area contributed by atoms with Crippen molar-refractivity contribution in [1.82, 2.24) is 5.32 Å². The number of hydrogen-bond donors (Lipinski definition) is 3. The third kappa shape index (κ3) is 3.93. The highest BCUT2D eigenvalue weighted by Crippen LogP contribution is 2.52. The minimum atomic E-state index is -0.413. The van der Waals surface area contributed by atoms with Crippen LogP contribution in [0.2, 0.25) is 5.02 Å². The fourth-order valence-corrected chi connectivity index (χ4v) is 4.25. The van der Waals surface area contributed by atoms with E-state index in [2.05, 4.69) is 5.32 Å². The highest BCUT2D eigenvalue weighted by molar-refractivity contribution is 6.34. The molecule has 1 saturated heterocycles. The minimum absolute atomic E-state index is 0.132. The maximum atomic E-state index is 13.3. The molecular formula is C19H23ClFN3. The zero-order valence-electron chi connectivity index (χ0n) is 13.7. The van der Waals surface area contributed by atoms with Crippen molar-refractivity contribution in [1.29, 1.82) is 10.8 Å². The van der Waals surface area contributed by atoms with Crippen LogP contribution in [0.5, 0.6) is 0 Å². The van der Waals surface area contributed by atoms with Crippen LogP contribution in [0.3, 0.4) is 0 Å². The van der Waals surface area contributed by atoms with Gasteiger partial charge in [-0.1, -0.05) is 11.6 Å². The number of benzene rings is 1. The number of rotatable bonds is 5. The van der Waals surface area contributed by atoms with Crippen molar-refractivity contribution < 1.29 is 4.39 Å². The van der Waals surface area contributed by atoms with Gasteiger partial charge < -0.3 is 16.1 Å². The molecule has 24 heavy (non-hydrogen) atoms. The van der Waals surface area contributed by atoms with Gasteiger partial charge in [0.15, 0.2) is 0 Å². The summed E-state index contributed by atoms with van der Waals surface area (Å²) in [4.78, 5) is 0. The van der Waals surface area contributed by atoms with Crippen LogP contribution in [0.4, 0.5) is 4.39 Å². The molecule has 0 unspecified atom stereocenters. The molecular weight excluding hydrogens is 325 g/mol. The zero-order chi connectivity index (χ0) is 17.2. The first-order chi connectivity index (χ1) is 11.5. The summed E-state index contributed by atoms with van der Waals surface area (Å²) in [5.74, 6) is 0.177. The molecule has 0 radical (unpaired) electrons. The summed E-state index contributed by atoms with van der Waals surface area (Å²) in [6.45, 7) is 2.24. The van der Waals surface area contributed by atoms with E-state index in [1.165, 1.54) is 43.9 Å². The molecule has 1 saturated carbocycles. The van der Waals surface area contributed by atoms with E-state index in [0.717, 1.165) is 19.5 Å². The van der Waals surface area contributed by atoms with E-state index in [1.807, 2.05) is 0 Å². The second-order valence-corrected chi connectivity index (χ2v) is 7.53. The molecule has 0 aromatic heterocycles. The van der Waals surface area contributed by atoms with Crippen molar-refractivity contribution in [3.05, 3.63) is 46.8 Å². The van der Waals surface area contributed by atoms with E-state index in [1.54, 1.807) is 12.2 Å². The lowest BCUT2D eigenvalue weighted by atomic mass is 9.57. The average Bonchev–Trinajstić information content (AvgIpc) is 2.54. The molecule has 1 aliphatic carbocycles. The first kappa shape index (κ1) is 17.3. The molecule has 128 valence electrons. The van der Waals surface area contributed by atoms with E-state index in [-0.39, 0.29) is 5.71 Å². The van der Waals surface area contributed by atoms with Crippen LogP contribution >= 0.6 is 11.6 Å². The molecule has 5 heteroatoms. The second-order valence-electron chi connectivity index (χ2n) is 7.12. The number of halogens is 2. The average molecular weight is 348 g/mol. The molecule has 1 aromatic rings. The quantitative estimate of drug-likeness (QED) is 0.670. The van der Waals surface area contributed by atoms with Gasteiger partial charge >= 0.3 is 0 Å². The van der Waals surface area contributed by atoms with Gasteiger partial charge in [-0.3, -0.25) is 0 Å². The van der Waals surface area contributed by atoms with Gasteiger partial charge in [-0.25, -0.2) is 4.39 Å². The number of nitrogens with one attached hydrogen (secondary N) is 3. The zero-order valence-corrected chi connectivity index (χ0v) is 14.4. The summed E-state index contributed by atoms with van der Waals surface area (Å²) in [7, 11) is 0. The molecule has 0 atom stereocenters. The Kier molecular flexibility index (Phi) is 5.16. The van der Waals surface area contributed by atoms with Crippen LogP contribution < -0.4 is 5.32 Å². The standard InChI is InChI=1S/C19H23ClFN3/c20-17-3-1-14(21)10-16(17)18(23)4-2-15(22)9-13-11-19(12-13)5-7-24-8-6-19/h1-4,10,13,22-24H,5-9,11-12H2/b4-2-,22-15?,23-18?. The highest BCUT2D eigenvalue weighted by atomic mass is 35.5. The van der Waals surface area contributed by atoms with Crippen LogP contribution in [-0.2, 0) is 0 Å². The summed E-state index contributed by atoms with van der Waals surface area (Å²) in [5, 5.41) is 19.9. The van der Waals surface area contributed by atoms with Gasteiger partial charge in [-0.2, -0.15) is 0 Å². The van der Waals surface area contributed by atoms with Crippen LogP contribution in [0, 0.1) is 28.0 Å². The maximum absolute atomic E-state index is 13.3. The summed E-state index contributed by atoms with van der Waals surface area (Å²) in [6.07, 6.45) is 8.91. The third-order valence-corrected chi connectivity index (χ3v) is 5.62. The summed E-state index contributed by atoms with van der Waals surface area (Å²) in [5.41, 5.74) is 1.55. The van der Waals surface area contributed by atoms with Crippen LogP contribution in [-0.4, -0.2) is 24.5 Å². The lowest BCUT2D eigenvalue weighted by molar-refractivity contribution is 0.0256. The maximum Gasteiger partial charge on any atom is 0.123 e. The largest absolute Gasteiger partial charge is 0.317 e.